The fourth-order valence-electron chi connectivity index (χ4n) is 3.83. The van der Waals surface area contributed by atoms with Gasteiger partial charge in [-0.05, 0) is 48.2 Å². The van der Waals surface area contributed by atoms with Gasteiger partial charge in [0.2, 0.25) is 5.95 Å². The van der Waals surface area contributed by atoms with Crippen LogP contribution in [0.1, 0.15) is 40.5 Å². The smallest absolute Gasteiger partial charge is 0.269 e. The Bertz CT molecular complexity index is 1120. The first-order chi connectivity index (χ1) is 15.4. The normalized spacial score (nSPS) is 18.3. The summed E-state index contributed by atoms with van der Waals surface area (Å²) >= 11 is 0. The van der Waals surface area contributed by atoms with E-state index in [1.54, 1.807) is 11.1 Å². The molecule has 0 saturated heterocycles. The van der Waals surface area contributed by atoms with Crippen LogP contribution in [0, 0.1) is 12.9 Å². The van der Waals surface area contributed by atoms with Gasteiger partial charge in [-0.1, -0.05) is 19.1 Å². The molecule has 32 heavy (non-hydrogen) atoms. The van der Waals surface area contributed by atoms with E-state index in [0.29, 0.717) is 30.6 Å². The fraction of sp³-hybridized carbons (Fsp3) is 0.348. The topological polar surface area (TPSA) is 99.1 Å². The van der Waals surface area contributed by atoms with Crippen LogP contribution in [0.4, 0.5) is 15.8 Å². The van der Waals surface area contributed by atoms with E-state index in [0.717, 1.165) is 28.2 Å². The van der Waals surface area contributed by atoms with Gasteiger partial charge in [-0.3, -0.25) is 14.6 Å². The minimum absolute atomic E-state index is 0.0320. The third kappa shape index (κ3) is 4.40. The number of nitrogens with one attached hydrogen (secondary N) is 2. The van der Waals surface area contributed by atoms with Crippen LogP contribution in [0.3, 0.4) is 0 Å². The van der Waals surface area contributed by atoms with E-state index in [9.17, 15) is 14.3 Å². The minimum Gasteiger partial charge on any atom is -0.368 e. The van der Waals surface area contributed by atoms with Crippen LogP contribution in [-0.4, -0.2) is 53.2 Å². The molecule has 0 aliphatic carbocycles. The van der Waals surface area contributed by atoms with Gasteiger partial charge < -0.3 is 15.7 Å². The molecule has 0 bridgehead atoms. The van der Waals surface area contributed by atoms with E-state index in [4.69, 9.17) is 4.84 Å². The molecule has 1 amide bonds. The lowest BCUT2D eigenvalue weighted by atomic mass is 10.0. The maximum Gasteiger partial charge on any atom is 0.269 e. The van der Waals surface area contributed by atoms with E-state index in [1.807, 2.05) is 26.0 Å². The average molecular weight is 439 g/mol. The Kier molecular flexibility index (Phi) is 6.31. The van der Waals surface area contributed by atoms with Crippen molar-refractivity contribution in [3.63, 3.8) is 0 Å². The summed E-state index contributed by atoms with van der Waals surface area (Å²) in [6, 6.07) is 7.06. The van der Waals surface area contributed by atoms with E-state index < -0.39 is 18.1 Å². The molecule has 4 rings (SSSR count). The zero-order chi connectivity index (χ0) is 22.8. The molecule has 9 heteroatoms. The number of aromatic nitrogens is 1. The first kappa shape index (κ1) is 22.1. The number of hydrogen-bond acceptors (Lipinski definition) is 7. The molecule has 2 aromatic rings. The molecule has 2 aliphatic heterocycles. The number of aliphatic imine (C=N–C) groups is 1. The highest BCUT2D eigenvalue weighted by Crippen LogP contribution is 2.35. The molecule has 0 saturated carbocycles. The molecule has 3 N–H and O–H groups in total. The predicted octanol–water partition coefficient (Wildman–Crippen LogP) is 2.95. The number of fused-ring (bicyclic) bond motifs is 1. The van der Waals surface area contributed by atoms with Crippen LogP contribution >= 0.6 is 0 Å². The zero-order valence-electron chi connectivity index (χ0n) is 18.3. The highest BCUT2D eigenvalue weighted by atomic mass is 19.1. The SMILES string of the molecule is CCC1=Nc2c(C)cc(CN3CC=C(c4ccc(C(=O)NC)nc4F)CO3)cc2NC1O. The van der Waals surface area contributed by atoms with Crippen molar-refractivity contribution in [3.05, 3.63) is 58.7 Å². The van der Waals surface area contributed by atoms with E-state index in [-0.39, 0.29) is 12.3 Å². The highest BCUT2D eigenvalue weighted by molar-refractivity contribution is 5.97. The first-order valence-electron chi connectivity index (χ1n) is 10.5. The average Bonchev–Trinajstić information content (AvgIpc) is 2.78. The molecule has 0 radical (unpaired) electrons. The molecular formula is C23H26FN5O3. The Labute approximate surface area is 185 Å². The van der Waals surface area contributed by atoms with E-state index >= 15 is 0 Å². The van der Waals surface area contributed by atoms with Crippen molar-refractivity contribution in [3.8, 4) is 0 Å². The molecule has 1 aromatic carbocycles. The number of halogens is 1. The minimum atomic E-state index is -0.780. The van der Waals surface area contributed by atoms with Crippen LogP contribution in [0.5, 0.6) is 0 Å². The number of anilines is 1. The van der Waals surface area contributed by atoms with Crippen LogP contribution in [-0.2, 0) is 11.4 Å². The fourth-order valence-corrected chi connectivity index (χ4v) is 3.83. The third-order valence-corrected chi connectivity index (χ3v) is 5.54. The van der Waals surface area contributed by atoms with Crippen molar-refractivity contribution in [2.45, 2.75) is 33.0 Å². The zero-order valence-corrected chi connectivity index (χ0v) is 18.3. The number of amides is 1. The molecule has 0 fully saturated rings. The monoisotopic (exact) mass is 439 g/mol. The van der Waals surface area contributed by atoms with Gasteiger partial charge >= 0.3 is 0 Å². The summed E-state index contributed by atoms with van der Waals surface area (Å²) in [7, 11) is 1.47. The largest absolute Gasteiger partial charge is 0.368 e. The second-order valence-electron chi connectivity index (χ2n) is 7.75. The highest BCUT2D eigenvalue weighted by Gasteiger charge is 2.22. The summed E-state index contributed by atoms with van der Waals surface area (Å²) in [5, 5.41) is 17.5. The van der Waals surface area contributed by atoms with Crippen LogP contribution in [0.25, 0.3) is 5.57 Å². The number of nitrogens with zero attached hydrogens (tertiary/aromatic N) is 3. The summed E-state index contributed by atoms with van der Waals surface area (Å²) in [5.41, 5.74) is 5.42. The van der Waals surface area contributed by atoms with Gasteiger partial charge in [0.15, 0.2) is 6.23 Å². The maximum absolute atomic E-state index is 14.4. The number of rotatable bonds is 5. The molecular weight excluding hydrogens is 413 g/mol. The molecule has 0 spiro atoms. The lowest BCUT2D eigenvalue weighted by Gasteiger charge is -2.28. The summed E-state index contributed by atoms with van der Waals surface area (Å²) < 4.78 is 14.4. The van der Waals surface area contributed by atoms with Gasteiger partial charge in [0.05, 0.1) is 23.7 Å². The Morgan fingerprint density at radius 2 is 2.22 bits per heavy atom. The van der Waals surface area contributed by atoms with Gasteiger partial charge in [0.25, 0.3) is 5.91 Å². The number of aliphatic hydroxyl groups is 1. The molecule has 168 valence electrons. The lowest BCUT2D eigenvalue weighted by Crippen LogP contribution is -2.31. The number of benzene rings is 1. The summed E-state index contributed by atoms with van der Waals surface area (Å²) in [5.74, 6) is -1.13. The Balaban J connectivity index is 1.47. The quantitative estimate of drug-likeness (QED) is 0.620. The van der Waals surface area contributed by atoms with Crippen molar-refractivity contribution in [2.75, 3.05) is 25.5 Å². The summed E-state index contributed by atoms with van der Waals surface area (Å²) in [6.07, 6.45) is 1.79. The van der Waals surface area contributed by atoms with Crippen LogP contribution in [0.15, 0.2) is 35.3 Å². The number of hydrogen-bond donors (Lipinski definition) is 3. The van der Waals surface area contributed by atoms with Gasteiger partial charge in [0.1, 0.15) is 5.69 Å². The molecule has 1 aromatic heterocycles. The molecule has 2 aliphatic rings. The number of aryl methyl sites for hydroxylation is 1. The van der Waals surface area contributed by atoms with Crippen LogP contribution in [0.2, 0.25) is 0 Å². The maximum atomic E-state index is 14.4. The number of aliphatic hydroxyl groups excluding tert-OH is 1. The third-order valence-electron chi connectivity index (χ3n) is 5.54. The van der Waals surface area contributed by atoms with Crippen molar-refractivity contribution in [1.82, 2.24) is 15.4 Å². The van der Waals surface area contributed by atoms with Gasteiger partial charge in [-0.25, -0.2) is 4.98 Å². The van der Waals surface area contributed by atoms with Gasteiger partial charge in [-0.2, -0.15) is 9.45 Å². The van der Waals surface area contributed by atoms with Crippen molar-refractivity contribution in [2.24, 2.45) is 4.99 Å². The molecule has 3 heterocycles. The number of carbonyl (C=O) groups excluding carboxylic acids is 1. The predicted molar refractivity (Wildman–Crippen MR) is 120 cm³/mol. The van der Waals surface area contributed by atoms with Crippen molar-refractivity contribution < 1.29 is 19.1 Å². The Morgan fingerprint density at radius 3 is 2.88 bits per heavy atom. The second kappa shape index (κ2) is 9.15. The Morgan fingerprint density at radius 1 is 1.41 bits per heavy atom. The molecule has 1 unspecified atom stereocenters. The summed E-state index contributed by atoms with van der Waals surface area (Å²) in [6.45, 7) is 5.15. The van der Waals surface area contributed by atoms with Crippen molar-refractivity contribution in [1.29, 1.82) is 0 Å². The van der Waals surface area contributed by atoms with Crippen LogP contribution < -0.4 is 10.6 Å². The number of carbonyl (C=O) groups is 1. The van der Waals surface area contributed by atoms with E-state index in [2.05, 4.69) is 26.7 Å². The lowest BCUT2D eigenvalue weighted by molar-refractivity contribution is -0.150. The standard InChI is InChI=1S/C23H26FN5O3/c1-4-17-23(31)28-19-10-14(9-13(2)20(19)26-17)11-29-8-7-15(12-32-29)16-5-6-18(22(30)25-3)27-21(16)24/h5-7,9-10,23,28,31H,4,8,11-12H2,1-3H3,(H,25,30). The molecule has 8 nitrogen and oxygen atoms in total. The number of hydroxylamine groups is 2. The van der Waals surface area contributed by atoms with Gasteiger partial charge in [-0.15, -0.1) is 0 Å². The first-order valence-corrected chi connectivity index (χ1v) is 10.5. The van der Waals surface area contributed by atoms with Gasteiger partial charge in [0, 0.05) is 25.7 Å². The van der Waals surface area contributed by atoms with Crippen molar-refractivity contribution >= 4 is 28.6 Å². The van der Waals surface area contributed by atoms with E-state index in [1.165, 1.54) is 13.1 Å². The Hall–Kier alpha value is -3.14. The summed E-state index contributed by atoms with van der Waals surface area (Å²) in [4.78, 5) is 25.8. The molecule has 1 atom stereocenters. The second-order valence-corrected chi connectivity index (χ2v) is 7.75. The number of pyridine rings is 1.